The number of nitrogens with two attached hydrogens (primary N) is 1. The first-order chi connectivity index (χ1) is 7.77. The first-order valence-electron chi connectivity index (χ1n) is 5.22. The van der Waals surface area contributed by atoms with E-state index in [2.05, 4.69) is 12.7 Å². The fourth-order valence-corrected chi connectivity index (χ4v) is 1.64. The predicted molar refractivity (Wildman–Crippen MR) is 72.3 cm³/mol. The number of halogens is 1. The molecule has 2 heteroatoms. The Morgan fingerprint density at radius 3 is 2.81 bits per heavy atom. The Kier molecular flexibility index (Phi) is 5.44. The normalized spacial score (nSPS) is 11.3. The molecule has 1 rings (SSSR count). The monoisotopic (exact) mass is 233 g/mol. The molecule has 2 N–H and O–H groups in total. The van der Waals surface area contributed by atoms with E-state index in [4.69, 9.17) is 17.3 Å². The summed E-state index contributed by atoms with van der Waals surface area (Å²) in [5.74, 6) is 0. The third-order valence-corrected chi connectivity index (χ3v) is 2.50. The van der Waals surface area contributed by atoms with Crippen LogP contribution < -0.4 is 5.73 Å². The lowest BCUT2D eigenvalue weighted by Gasteiger charge is -2.04. The number of aryl methyl sites for hydroxylation is 1. The zero-order valence-corrected chi connectivity index (χ0v) is 9.95. The molecule has 84 valence electrons. The maximum absolute atomic E-state index is 5.91. The summed E-state index contributed by atoms with van der Waals surface area (Å²) in [6.07, 6.45) is 11.2. The van der Waals surface area contributed by atoms with Gasteiger partial charge in [0.2, 0.25) is 0 Å². The molecular formula is C14H16ClN. The molecule has 0 unspecified atom stereocenters. The fourth-order valence-electron chi connectivity index (χ4n) is 1.46. The Morgan fingerprint density at radius 2 is 2.12 bits per heavy atom. The summed E-state index contributed by atoms with van der Waals surface area (Å²) < 4.78 is 0. The van der Waals surface area contributed by atoms with Crippen molar-refractivity contribution in [3.63, 3.8) is 0 Å². The van der Waals surface area contributed by atoms with E-state index in [1.807, 2.05) is 36.4 Å². The highest BCUT2D eigenvalue weighted by Gasteiger charge is 1.99. The molecule has 0 saturated heterocycles. The quantitative estimate of drug-likeness (QED) is 0.766. The van der Waals surface area contributed by atoms with E-state index in [0.717, 1.165) is 23.4 Å². The summed E-state index contributed by atoms with van der Waals surface area (Å²) >= 11 is 5.91. The lowest BCUT2D eigenvalue weighted by Crippen LogP contribution is -1.88. The van der Waals surface area contributed by atoms with Crippen LogP contribution in [0.5, 0.6) is 0 Å². The van der Waals surface area contributed by atoms with Crippen LogP contribution in [-0.4, -0.2) is 0 Å². The standard InChI is InChI=1S/C14H16ClN/c1-2-12-11-14(15)9-8-13(12)7-5-3-4-6-10-16/h2-4,6,8-11H,1,5,7,16H2/b4-3-,10-6-. The van der Waals surface area contributed by atoms with Crippen LogP contribution in [0.1, 0.15) is 17.5 Å². The van der Waals surface area contributed by atoms with E-state index < -0.39 is 0 Å². The number of benzene rings is 1. The highest BCUT2D eigenvalue weighted by molar-refractivity contribution is 6.30. The van der Waals surface area contributed by atoms with E-state index in [9.17, 15) is 0 Å². The van der Waals surface area contributed by atoms with Crippen LogP contribution in [0.4, 0.5) is 0 Å². The van der Waals surface area contributed by atoms with Gasteiger partial charge in [-0.2, -0.15) is 0 Å². The van der Waals surface area contributed by atoms with Gasteiger partial charge in [0.15, 0.2) is 0 Å². The Bertz CT molecular complexity index is 405. The Balaban J connectivity index is 2.63. The molecule has 0 aromatic heterocycles. The van der Waals surface area contributed by atoms with E-state index >= 15 is 0 Å². The maximum Gasteiger partial charge on any atom is 0.0412 e. The van der Waals surface area contributed by atoms with Crippen LogP contribution in [0.15, 0.2) is 49.2 Å². The molecular weight excluding hydrogens is 218 g/mol. The van der Waals surface area contributed by atoms with Gasteiger partial charge in [-0.25, -0.2) is 0 Å². The van der Waals surface area contributed by atoms with Gasteiger partial charge in [0.25, 0.3) is 0 Å². The molecule has 0 amide bonds. The molecule has 0 aliphatic carbocycles. The predicted octanol–water partition coefficient (Wildman–Crippen LogP) is 3.94. The summed E-state index contributed by atoms with van der Waals surface area (Å²) in [5, 5.41) is 0.750. The van der Waals surface area contributed by atoms with Gasteiger partial charge in [0.05, 0.1) is 0 Å². The van der Waals surface area contributed by atoms with Crippen LogP contribution in [0.2, 0.25) is 5.02 Å². The van der Waals surface area contributed by atoms with Crippen LogP contribution in [0.3, 0.4) is 0 Å². The number of rotatable bonds is 5. The summed E-state index contributed by atoms with van der Waals surface area (Å²) in [4.78, 5) is 0. The van der Waals surface area contributed by atoms with Crippen molar-refractivity contribution >= 4 is 17.7 Å². The molecule has 0 aliphatic rings. The zero-order chi connectivity index (χ0) is 11.8. The molecule has 0 radical (unpaired) electrons. The number of allylic oxidation sites excluding steroid dienone is 3. The van der Waals surface area contributed by atoms with E-state index in [1.54, 1.807) is 0 Å². The lowest BCUT2D eigenvalue weighted by atomic mass is 10.0. The number of hydrogen-bond acceptors (Lipinski definition) is 1. The molecule has 0 fully saturated rings. The van der Waals surface area contributed by atoms with Crippen molar-refractivity contribution < 1.29 is 0 Å². The minimum atomic E-state index is 0.750. The van der Waals surface area contributed by atoms with Crippen LogP contribution >= 0.6 is 11.6 Å². The molecule has 0 heterocycles. The molecule has 1 aromatic rings. The van der Waals surface area contributed by atoms with Gasteiger partial charge in [-0.3, -0.25) is 0 Å². The Hall–Kier alpha value is -1.47. The van der Waals surface area contributed by atoms with Gasteiger partial charge >= 0.3 is 0 Å². The van der Waals surface area contributed by atoms with Gasteiger partial charge in [-0.1, -0.05) is 42.5 Å². The molecule has 0 aliphatic heterocycles. The van der Waals surface area contributed by atoms with Gasteiger partial charge in [-0.05, 0) is 48.4 Å². The highest BCUT2D eigenvalue weighted by Crippen LogP contribution is 2.18. The largest absolute Gasteiger partial charge is 0.405 e. The fraction of sp³-hybridized carbons (Fsp3) is 0.143. The second-order valence-corrected chi connectivity index (χ2v) is 3.84. The topological polar surface area (TPSA) is 26.0 Å². The molecule has 0 bridgehead atoms. The van der Waals surface area contributed by atoms with Crippen molar-refractivity contribution in [3.05, 3.63) is 65.4 Å². The van der Waals surface area contributed by atoms with E-state index in [1.165, 1.54) is 11.8 Å². The minimum absolute atomic E-state index is 0.750. The third-order valence-electron chi connectivity index (χ3n) is 2.27. The van der Waals surface area contributed by atoms with Gasteiger partial charge < -0.3 is 5.73 Å². The van der Waals surface area contributed by atoms with Crippen molar-refractivity contribution in [2.24, 2.45) is 5.73 Å². The SMILES string of the molecule is C=Cc1cc(Cl)ccc1CC/C=C\C=C/N. The van der Waals surface area contributed by atoms with Gasteiger partial charge in [0.1, 0.15) is 0 Å². The maximum atomic E-state index is 5.91. The summed E-state index contributed by atoms with van der Waals surface area (Å²) in [5.41, 5.74) is 7.60. The first-order valence-corrected chi connectivity index (χ1v) is 5.60. The molecule has 0 saturated carbocycles. The molecule has 1 nitrogen and oxygen atoms in total. The van der Waals surface area contributed by atoms with Crippen molar-refractivity contribution in [2.75, 3.05) is 0 Å². The van der Waals surface area contributed by atoms with Crippen molar-refractivity contribution in [2.45, 2.75) is 12.8 Å². The second kappa shape index (κ2) is 6.91. The van der Waals surface area contributed by atoms with E-state index in [0.29, 0.717) is 0 Å². The third kappa shape index (κ3) is 3.95. The second-order valence-electron chi connectivity index (χ2n) is 3.40. The Morgan fingerprint density at radius 1 is 1.31 bits per heavy atom. The molecule has 16 heavy (non-hydrogen) atoms. The molecule has 0 atom stereocenters. The van der Waals surface area contributed by atoms with Crippen LogP contribution in [0.25, 0.3) is 6.08 Å². The summed E-state index contributed by atoms with van der Waals surface area (Å²) in [6.45, 7) is 3.79. The summed E-state index contributed by atoms with van der Waals surface area (Å²) in [6, 6.07) is 5.90. The van der Waals surface area contributed by atoms with Crippen molar-refractivity contribution in [1.29, 1.82) is 0 Å². The van der Waals surface area contributed by atoms with Crippen molar-refractivity contribution in [1.82, 2.24) is 0 Å². The Labute approximate surface area is 102 Å². The van der Waals surface area contributed by atoms with E-state index in [-0.39, 0.29) is 0 Å². The summed E-state index contributed by atoms with van der Waals surface area (Å²) in [7, 11) is 0. The molecule has 0 spiro atoms. The highest BCUT2D eigenvalue weighted by atomic mass is 35.5. The average Bonchev–Trinajstić information content (AvgIpc) is 2.30. The van der Waals surface area contributed by atoms with Crippen LogP contribution in [-0.2, 0) is 6.42 Å². The first kappa shape index (κ1) is 12.6. The minimum Gasteiger partial charge on any atom is -0.405 e. The lowest BCUT2D eigenvalue weighted by molar-refractivity contribution is 0.998. The average molecular weight is 234 g/mol. The van der Waals surface area contributed by atoms with Crippen LogP contribution in [0, 0.1) is 0 Å². The van der Waals surface area contributed by atoms with Gasteiger partial charge in [0, 0.05) is 5.02 Å². The smallest absolute Gasteiger partial charge is 0.0412 e. The van der Waals surface area contributed by atoms with Gasteiger partial charge in [-0.15, -0.1) is 0 Å². The zero-order valence-electron chi connectivity index (χ0n) is 9.20. The van der Waals surface area contributed by atoms with Crippen molar-refractivity contribution in [3.8, 4) is 0 Å². The molecule has 1 aromatic carbocycles. The number of hydrogen-bond donors (Lipinski definition) is 1.